The molecule has 152 valence electrons. The molecule has 0 atom stereocenters. The van der Waals surface area contributed by atoms with Crippen molar-refractivity contribution in [1.82, 2.24) is 29.4 Å². The molecule has 8 nitrogen and oxygen atoms in total. The molecule has 30 heavy (non-hydrogen) atoms. The Hall–Kier alpha value is -2.75. The number of hydrogen-bond donors (Lipinski definition) is 0. The topological polar surface area (TPSA) is 91.1 Å². The highest BCUT2D eigenvalue weighted by molar-refractivity contribution is 7.22. The minimum Gasteiger partial charge on any atom is -0.419 e. The van der Waals surface area contributed by atoms with Gasteiger partial charge in [0, 0.05) is 18.3 Å². The fourth-order valence-electron chi connectivity index (χ4n) is 3.28. The Morgan fingerprint density at radius 2 is 2.03 bits per heavy atom. The average molecular weight is 461 g/mol. The SMILES string of the molecule is CC(C)c1nn(Cc2nnc(-c3cnccc3Cl)o2)c(=O)c2cc3sc(Cl)cc3n12. The van der Waals surface area contributed by atoms with E-state index in [-0.39, 0.29) is 29.8 Å². The third-order valence-electron chi connectivity index (χ3n) is 4.63. The quantitative estimate of drug-likeness (QED) is 0.388. The number of rotatable bonds is 4. The van der Waals surface area contributed by atoms with Crippen molar-refractivity contribution in [3.63, 3.8) is 0 Å². The van der Waals surface area contributed by atoms with Crippen LogP contribution in [-0.2, 0) is 6.54 Å². The Kier molecular flexibility index (Phi) is 4.61. The van der Waals surface area contributed by atoms with E-state index in [2.05, 4.69) is 20.3 Å². The summed E-state index contributed by atoms with van der Waals surface area (Å²) < 4.78 is 10.5. The summed E-state index contributed by atoms with van der Waals surface area (Å²) in [5.41, 5.74) is 1.69. The van der Waals surface area contributed by atoms with Crippen LogP contribution in [0.2, 0.25) is 9.36 Å². The summed E-state index contributed by atoms with van der Waals surface area (Å²) in [6, 6.07) is 5.33. The molecule has 0 spiro atoms. The summed E-state index contributed by atoms with van der Waals surface area (Å²) in [6.07, 6.45) is 3.12. The van der Waals surface area contributed by atoms with Gasteiger partial charge >= 0.3 is 0 Å². The highest BCUT2D eigenvalue weighted by Gasteiger charge is 2.20. The largest absolute Gasteiger partial charge is 0.419 e. The summed E-state index contributed by atoms with van der Waals surface area (Å²) in [7, 11) is 0. The summed E-state index contributed by atoms with van der Waals surface area (Å²) in [5, 5.41) is 13.1. The zero-order valence-corrected chi connectivity index (χ0v) is 18.2. The molecule has 0 aliphatic heterocycles. The summed E-state index contributed by atoms with van der Waals surface area (Å²) >= 11 is 13.8. The molecule has 0 aromatic carbocycles. The van der Waals surface area contributed by atoms with E-state index < -0.39 is 0 Å². The third-order valence-corrected chi connectivity index (χ3v) is 6.16. The van der Waals surface area contributed by atoms with Crippen molar-refractivity contribution in [2.45, 2.75) is 26.3 Å². The van der Waals surface area contributed by atoms with Crippen molar-refractivity contribution in [2.75, 3.05) is 0 Å². The molecule has 0 unspecified atom stereocenters. The van der Waals surface area contributed by atoms with Crippen LogP contribution >= 0.6 is 34.5 Å². The minimum atomic E-state index is -0.252. The van der Waals surface area contributed by atoms with Crippen molar-refractivity contribution in [3.05, 3.63) is 62.0 Å². The minimum absolute atomic E-state index is 0.0412. The molecule has 0 aliphatic rings. The predicted octanol–water partition coefficient (Wildman–Crippen LogP) is 4.63. The fraction of sp³-hybridized carbons (Fsp3) is 0.211. The van der Waals surface area contributed by atoms with Crippen LogP contribution in [0.5, 0.6) is 0 Å². The van der Waals surface area contributed by atoms with Crippen molar-refractivity contribution in [3.8, 4) is 11.5 Å². The van der Waals surface area contributed by atoms with Crippen molar-refractivity contribution in [1.29, 1.82) is 0 Å². The molecule has 11 heteroatoms. The van der Waals surface area contributed by atoms with Crippen LogP contribution in [-0.4, -0.2) is 29.4 Å². The molecule has 0 bridgehead atoms. The number of hydrogen-bond acceptors (Lipinski definition) is 7. The van der Waals surface area contributed by atoms with Gasteiger partial charge in [0.1, 0.15) is 17.9 Å². The van der Waals surface area contributed by atoms with Gasteiger partial charge in [-0.2, -0.15) is 5.10 Å². The van der Waals surface area contributed by atoms with Crippen LogP contribution < -0.4 is 5.56 Å². The average Bonchev–Trinajstić information content (AvgIpc) is 3.39. The second-order valence-corrected chi connectivity index (χ2v) is 9.12. The molecule has 0 N–H and O–H groups in total. The Labute approximate surface area is 183 Å². The summed E-state index contributed by atoms with van der Waals surface area (Å²) in [6.45, 7) is 4.08. The van der Waals surface area contributed by atoms with Gasteiger partial charge in [-0.1, -0.05) is 37.0 Å². The molecular weight excluding hydrogens is 447 g/mol. The lowest BCUT2D eigenvalue weighted by Gasteiger charge is -2.12. The maximum absolute atomic E-state index is 13.1. The molecule has 0 fully saturated rings. The standard InChI is InChI=1S/C19H14Cl2N6O2S/c1-9(2)17-25-26(19(28)13-5-14-12(27(13)17)6-15(21)30-14)8-16-23-24-18(29-16)10-7-22-4-3-11(10)20/h3-7,9H,8H2,1-2H3. The number of fused-ring (bicyclic) bond motifs is 3. The Bertz CT molecular complexity index is 1470. The van der Waals surface area contributed by atoms with E-state index in [4.69, 9.17) is 27.6 Å². The lowest BCUT2D eigenvalue weighted by Crippen LogP contribution is -2.28. The zero-order valence-electron chi connectivity index (χ0n) is 15.8. The van der Waals surface area contributed by atoms with Crippen molar-refractivity contribution >= 4 is 50.3 Å². The van der Waals surface area contributed by atoms with Crippen LogP contribution in [0.1, 0.15) is 31.5 Å². The summed E-state index contributed by atoms with van der Waals surface area (Å²) in [4.78, 5) is 17.1. The van der Waals surface area contributed by atoms with Gasteiger partial charge < -0.3 is 4.42 Å². The maximum atomic E-state index is 13.1. The van der Waals surface area contributed by atoms with Gasteiger partial charge in [0.2, 0.25) is 5.89 Å². The van der Waals surface area contributed by atoms with E-state index in [0.29, 0.717) is 20.4 Å². The Balaban J connectivity index is 1.61. The third kappa shape index (κ3) is 3.10. The van der Waals surface area contributed by atoms with Gasteiger partial charge in [-0.05, 0) is 18.2 Å². The van der Waals surface area contributed by atoms with E-state index in [1.807, 2.05) is 30.4 Å². The van der Waals surface area contributed by atoms with Crippen LogP contribution in [0.3, 0.4) is 0 Å². The highest BCUT2D eigenvalue weighted by atomic mass is 35.5. The Morgan fingerprint density at radius 1 is 1.20 bits per heavy atom. The fourth-order valence-corrected chi connectivity index (χ4v) is 4.63. The molecule has 0 saturated heterocycles. The smallest absolute Gasteiger partial charge is 0.291 e. The second-order valence-electron chi connectivity index (χ2n) is 7.00. The molecule has 5 heterocycles. The van der Waals surface area contributed by atoms with Crippen LogP contribution in [0, 0.1) is 0 Å². The highest BCUT2D eigenvalue weighted by Crippen LogP contribution is 2.32. The number of halogens is 2. The van der Waals surface area contributed by atoms with E-state index in [1.54, 1.807) is 18.5 Å². The van der Waals surface area contributed by atoms with Crippen LogP contribution in [0.15, 0.2) is 39.8 Å². The van der Waals surface area contributed by atoms with Crippen molar-refractivity contribution in [2.24, 2.45) is 0 Å². The van der Waals surface area contributed by atoms with Gasteiger partial charge in [-0.25, -0.2) is 4.68 Å². The molecule has 0 amide bonds. The molecule has 0 saturated carbocycles. The number of nitrogens with zero attached hydrogens (tertiary/aromatic N) is 6. The molecular formula is C19H14Cl2N6O2S. The monoisotopic (exact) mass is 460 g/mol. The van der Waals surface area contributed by atoms with E-state index in [1.165, 1.54) is 16.0 Å². The maximum Gasteiger partial charge on any atom is 0.291 e. The van der Waals surface area contributed by atoms with Gasteiger partial charge in [0.15, 0.2) is 0 Å². The molecule has 5 aromatic rings. The first-order valence-electron chi connectivity index (χ1n) is 9.06. The van der Waals surface area contributed by atoms with E-state index in [9.17, 15) is 4.79 Å². The first kappa shape index (κ1) is 19.2. The lowest BCUT2D eigenvalue weighted by atomic mass is 10.2. The first-order valence-corrected chi connectivity index (χ1v) is 10.6. The first-order chi connectivity index (χ1) is 14.4. The van der Waals surface area contributed by atoms with Crippen LogP contribution in [0.25, 0.3) is 27.2 Å². The molecule has 5 rings (SSSR count). The van der Waals surface area contributed by atoms with E-state index in [0.717, 1.165) is 16.0 Å². The molecule has 5 aromatic heterocycles. The lowest BCUT2D eigenvalue weighted by molar-refractivity contribution is 0.458. The number of thiophene rings is 1. The predicted molar refractivity (Wildman–Crippen MR) is 116 cm³/mol. The van der Waals surface area contributed by atoms with Gasteiger partial charge in [0.05, 0.1) is 25.1 Å². The van der Waals surface area contributed by atoms with Gasteiger partial charge in [-0.3, -0.25) is 14.2 Å². The number of pyridine rings is 1. The van der Waals surface area contributed by atoms with Gasteiger partial charge in [-0.15, -0.1) is 21.5 Å². The van der Waals surface area contributed by atoms with E-state index >= 15 is 0 Å². The number of aromatic nitrogens is 6. The second kappa shape index (κ2) is 7.19. The van der Waals surface area contributed by atoms with Gasteiger partial charge in [0.25, 0.3) is 11.4 Å². The Morgan fingerprint density at radius 3 is 2.80 bits per heavy atom. The molecule has 0 radical (unpaired) electrons. The van der Waals surface area contributed by atoms with Crippen molar-refractivity contribution < 1.29 is 4.42 Å². The van der Waals surface area contributed by atoms with Crippen LogP contribution in [0.4, 0.5) is 0 Å². The zero-order chi connectivity index (χ0) is 21.0. The molecule has 0 aliphatic carbocycles. The summed E-state index contributed by atoms with van der Waals surface area (Å²) in [5.74, 6) is 1.29. The normalized spacial score (nSPS) is 11.9.